The Labute approximate surface area is 187 Å². The second-order valence-electron chi connectivity index (χ2n) is 8.27. The van der Waals surface area contributed by atoms with Gasteiger partial charge in [0.05, 0.1) is 22.0 Å². The van der Waals surface area contributed by atoms with Gasteiger partial charge in [-0.15, -0.1) is 0 Å². The van der Waals surface area contributed by atoms with Crippen molar-refractivity contribution in [2.24, 2.45) is 0 Å². The quantitative estimate of drug-likeness (QED) is 0.432. The van der Waals surface area contributed by atoms with E-state index in [1.165, 1.54) is 18.2 Å². The van der Waals surface area contributed by atoms with Crippen LogP contribution in [-0.4, -0.2) is 14.5 Å². The molecule has 1 saturated carbocycles. The predicted molar refractivity (Wildman–Crippen MR) is 120 cm³/mol. The van der Waals surface area contributed by atoms with Crippen molar-refractivity contribution in [3.63, 3.8) is 0 Å². The minimum atomic E-state index is -2.89. The molecule has 4 aromatic rings. The van der Waals surface area contributed by atoms with Gasteiger partial charge in [-0.05, 0) is 25.3 Å². The van der Waals surface area contributed by atoms with E-state index in [4.69, 9.17) is 0 Å². The first-order valence-electron chi connectivity index (χ1n) is 10.7. The molecule has 2 aromatic heterocycles. The van der Waals surface area contributed by atoms with E-state index in [1.54, 1.807) is 17.7 Å². The molecule has 2 aromatic carbocycles. The van der Waals surface area contributed by atoms with Crippen molar-refractivity contribution in [1.82, 2.24) is 14.5 Å². The Morgan fingerprint density at radius 2 is 1.85 bits per heavy atom. The second-order valence-corrected chi connectivity index (χ2v) is 8.27. The van der Waals surface area contributed by atoms with Crippen LogP contribution in [0.15, 0.2) is 65.6 Å². The highest BCUT2D eigenvalue weighted by Crippen LogP contribution is 2.48. The molecule has 5 rings (SSSR count). The number of nitrogens with zero attached hydrogens (tertiary/aromatic N) is 3. The van der Waals surface area contributed by atoms with E-state index in [0.29, 0.717) is 22.5 Å². The minimum absolute atomic E-state index is 0.0408. The van der Waals surface area contributed by atoms with Gasteiger partial charge in [0.15, 0.2) is 0 Å². The lowest BCUT2D eigenvalue weighted by Crippen LogP contribution is -2.30. The SMILES string of the molecule is Cc1nc(NCc2cccc(C(F)F)c2F)c2cn(C3(c4ccccc4)CC3)c(=O)cc2n1. The van der Waals surface area contributed by atoms with Crippen LogP contribution in [0.3, 0.4) is 0 Å². The van der Waals surface area contributed by atoms with Gasteiger partial charge in [-0.3, -0.25) is 4.79 Å². The Morgan fingerprint density at radius 1 is 1.09 bits per heavy atom. The van der Waals surface area contributed by atoms with E-state index in [2.05, 4.69) is 15.3 Å². The number of hydrogen-bond acceptors (Lipinski definition) is 4. The van der Waals surface area contributed by atoms with Gasteiger partial charge in [0.25, 0.3) is 12.0 Å². The number of aryl methyl sites for hydroxylation is 1. The molecule has 0 aliphatic heterocycles. The molecule has 1 aliphatic rings. The summed E-state index contributed by atoms with van der Waals surface area (Å²) >= 11 is 0. The highest BCUT2D eigenvalue weighted by molar-refractivity contribution is 5.88. The van der Waals surface area contributed by atoms with Crippen LogP contribution in [-0.2, 0) is 12.1 Å². The third-order valence-corrected chi connectivity index (χ3v) is 6.13. The van der Waals surface area contributed by atoms with Gasteiger partial charge in [0.1, 0.15) is 17.5 Å². The van der Waals surface area contributed by atoms with Crippen LogP contribution < -0.4 is 10.9 Å². The van der Waals surface area contributed by atoms with Gasteiger partial charge in [0.2, 0.25) is 0 Å². The molecule has 0 radical (unpaired) electrons. The standard InChI is InChI=1S/C25H21F3N4O/c1-15-30-20-12-21(33)32(25(10-11-25)17-7-3-2-4-8-17)14-19(20)24(31-15)29-13-16-6-5-9-18(22(16)26)23(27)28/h2-9,12,14,23H,10-11,13H2,1H3,(H,29,30,31). The Kier molecular flexibility index (Phi) is 5.15. The third-order valence-electron chi connectivity index (χ3n) is 6.13. The maximum atomic E-state index is 14.5. The topological polar surface area (TPSA) is 59.8 Å². The van der Waals surface area contributed by atoms with Crippen molar-refractivity contribution in [2.75, 3.05) is 5.32 Å². The lowest BCUT2D eigenvalue weighted by atomic mass is 10.0. The van der Waals surface area contributed by atoms with E-state index in [-0.39, 0.29) is 17.7 Å². The van der Waals surface area contributed by atoms with Crippen LogP contribution >= 0.6 is 0 Å². The largest absolute Gasteiger partial charge is 0.365 e. The molecule has 33 heavy (non-hydrogen) atoms. The lowest BCUT2D eigenvalue weighted by Gasteiger charge is -2.20. The average molecular weight is 450 g/mol. The van der Waals surface area contributed by atoms with Crippen LogP contribution in [0.1, 0.15) is 41.8 Å². The first-order valence-corrected chi connectivity index (χ1v) is 10.7. The number of hydrogen-bond donors (Lipinski definition) is 1. The highest BCUT2D eigenvalue weighted by atomic mass is 19.3. The highest BCUT2D eigenvalue weighted by Gasteiger charge is 2.46. The van der Waals surface area contributed by atoms with Crippen LogP contribution in [0.2, 0.25) is 0 Å². The third kappa shape index (κ3) is 3.75. The Bertz CT molecular complexity index is 1400. The van der Waals surface area contributed by atoms with Crippen molar-refractivity contribution < 1.29 is 13.2 Å². The summed E-state index contributed by atoms with van der Waals surface area (Å²) in [7, 11) is 0. The molecular formula is C25H21F3N4O. The van der Waals surface area contributed by atoms with Crippen LogP contribution in [0, 0.1) is 12.7 Å². The Hall–Kier alpha value is -3.68. The summed E-state index contributed by atoms with van der Waals surface area (Å²) in [6.07, 6.45) is 0.521. The summed E-state index contributed by atoms with van der Waals surface area (Å²) in [5.41, 5.74) is 0.422. The molecule has 8 heteroatoms. The molecule has 5 nitrogen and oxygen atoms in total. The normalized spacial score (nSPS) is 14.6. The van der Waals surface area contributed by atoms with E-state index in [9.17, 15) is 18.0 Å². The summed E-state index contributed by atoms with van der Waals surface area (Å²) in [6, 6.07) is 15.3. The van der Waals surface area contributed by atoms with E-state index < -0.39 is 23.3 Å². The summed E-state index contributed by atoms with van der Waals surface area (Å²) in [5.74, 6) is -0.0851. The van der Waals surface area contributed by atoms with Crippen molar-refractivity contribution in [2.45, 2.75) is 38.3 Å². The molecule has 0 atom stereocenters. The van der Waals surface area contributed by atoms with Crippen LogP contribution in [0.4, 0.5) is 19.0 Å². The number of halogens is 3. The first kappa shape index (κ1) is 21.2. The Morgan fingerprint density at radius 3 is 2.55 bits per heavy atom. The number of aromatic nitrogens is 3. The van der Waals surface area contributed by atoms with E-state index >= 15 is 0 Å². The van der Waals surface area contributed by atoms with Crippen molar-refractivity contribution >= 4 is 16.7 Å². The summed E-state index contributed by atoms with van der Waals surface area (Å²) in [4.78, 5) is 21.8. The molecular weight excluding hydrogens is 429 g/mol. The zero-order valence-corrected chi connectivity index (χ0v) is 17.9. The fraction of sp³-hybridized carbons (Fsp3) is 0.240. The van der Waals surface area contributed by atoms with Gasteiger partial charge < -0.3 is 9.88 Å². The maximum absolute atomic E-state index is 14.5. The van der Waals surface area contributed by atoms with Crippen molar-refractivity contribution in [3.8, 4) is 0 Å². The molecule has 2 heterocycles. The first-order chi connectivity index (χ1) is 15.9. The van der Waals surface area contributed by atoms with E-state index in [0.717, 1.165) is 24.5 Å². The number of pyridine rings is 1. The molecule has 1 aliphatic carbocycles. The smallest absolute Gasteiger partial charge is 0.266 e. The monoisotopic (exact) mass is 450 g/mol. The molecule has 0 unspecified atom stereocenters. The molecule has 1 fully saturated rings. The molecule has 0 spiro atoms. The van der Waals surface area contributed by atoms with Crippen molar-refractivity contribution in [3.05, 3.63) is 99.5 Å². The molecule has 168 valence electrons. The van der Waals surface area contributed by atoms with Crippen LogP contribution in [0.5, 0.6) is 0 Å². The molecule has 0 bridgehead atoms. The van der Waals surface area contributed by atoms with E-state index in [1.807, 2.05) is 30.3 Å². The minimum Gasteiger partial charge on any atom is -0.365 e. The van der Waals surface area contributed by atoms with Gasteiger partial charge in [-0.2, -0.15) is 0 Å². The summed E-state index contributed by atoms with van der Waals surface area (Å²) in [5, 5.41) is 3.66. The zero-order chi connectivity index (χ0) is 23.2. The number of rotatable bonds is 6. The average Bonchev–Trinajstić information content (AvgIpc) is 3.60. The maximum Gasteiger partial charge on any atom is 0.266 e. The number of nitrogens with one attached hydrogen (secondary N) is 1. The van der Waals surface area contributed by atoms with Gasteiger partial charge in [-0.25, -0.2) is 23.1 Å². The fourth-order valence-electron chi connectivity index (χ4n) is 4.31. The van der Waals surface area contributed by atoms with Gasteiger partial charge >= 0.3 is 0 Å². The Balaban J connectivity index is 1.56. The van der Waals surface area contributed by atoms with Gasteiger partial charge in [-0.1, -0.05) is 48.5 Å². The lowest BCUT2D eigenvalue weighted by molar-refractivity contribution is 0.146. The number of benzene rings is 2. The summed E-state index contributed by atoms with van der Waals surface area (Å²) in [6.45, 7) is 1.65. The second kappa shape index (κ2) is 8.03. The zero-order valence-electron chi connectivity index (χ0n) is 17.9. The van der Waals surface area contributed by atoms with Gasteiger partial charge in [0, 0.05) is 24.4 Å². The number of fused-ring (bicyclic) bond motifs is 1. The number of alkyl halides is 2. The summed E-state index contributed by atoms with van der Waals surface area (Å²) < 4.78 is 42.3. The molecule has 0 amide bonds. The number of anilines is 1. The fourth-order valence-corrected chi connectivity index (χ4v) is 4.31. The predicted octanol–water partition coefficient (Wildman–Crippen LogP) is 5.33. The molecule has 0 saturated heterocycles. The van der Waals surface area contributed by atoms with Crippen molar-refractivity contribution in [1.29, 1.82) is 0 Å². The van der Waals surface area contributed by atoms with Crippen LogP contribution in [0.25, 0.3) is 10.9 Å². The molecule has 1 N–H and O–H groups in total.